The molecule has 0 amide bonds. The SMILES string of the molecule is CC1CC(O)(Cc2ccc(C(C)C)cc2)CCO1. The molecular weight excluding hydrogens is 224 g/mol. The van der Waals surface area contributed by atoms with Crippen molar-refractivity contribution in [2.75, 3.05) is 6.61 Å². The first kappa shape index (κ1) is 13.6. The van der Waals surface area contributed by atoms with Crippen LogP contribution in [-0.2, 0) is 11.2 Å². The van der Waals surface area contributed by atoms with Gasteiger partial charge in [-0.25, -0.2) is 0 Å². The minimum Gasteiger partial charge on any atom is -0.389 e. The van der Waals surface area contributed by atoms with E-state index in [9.17, 15) is 5.11 Å². The maximum absolute atomic E-state index is 10.6. The van der Waals surface area contributed by atoms with Gasteiger partial charge in [-0.3, -0.25) is 0 Å². The Bertz CT molecular complexity index is 383. The Hall–Kier alpha value is -0.860. The lowest BCUT2D eigenvalue weighted by Gasteiger charge is -2.35. The summed E-state index contributed by atoms with van der Waals surface area (Å²) in [6, 6.07) is 8.64. The van der Waals surface area contributed by atoms with Gasteiger partial charge in [-0.1, -0.05) is 38.1 Å². The highest BCUT2D eigenvalue weighted by Gasteiger charge is 2.33. The Morgan fingerprint density at radius 1 is 1.33 bits per heavy atom. The first-order chi connectivity index (χ1) is 8.48. The molecular formula is C16H24O2. The van der Waals surface area contributed by atoms with Crippen LogP contribution in [0.1, 0.15) is 50.7 Å². The van der Waals surface area contributed by atoms with Gasteiger partial charge in [-0.15, -0.1) is 0 Å². The maximum atomic E-state index is 10.6. The zero-order valence-electron chi connectivity index (χ0n) is 11.6. The second-order valence-corrected chi connectivity index (χ2v) is 5.93. The van der Waals surface area contributed by atoms with E-state index in [1.807, 2.05) is 6.92 Å². The second-order valence-electron chi connectivity index (χ2n) is 5.93. The molecule has 0 radical (unpaired) electrons. The number of hydrogen-bond acceptors (Lipinski definition) is 2. The molecule has 1 heterocycles. The van der Waals surface area contributed by atoms with E-state index in [-0.39, 0.29) is 6.10 Å². The van der Waals surface area contributed by atoms with E-state index >= 15 is 0 Å². The van der Waals surface area contributed by atoms with Gasteiger partial charge in [-0.05, 0) is 30.4 Å². The van der Waals surface area contributed by atoms with Crippen LogP contribution in [0.2, 0.25) is 0 Å². The number of benzene rings is 1. The van der Waals surface area contributed by atoms with Crippen LogP contribution in [0.25, 0.3) is 0 Å². The van der Waals surface area contributed by atoms with Crippen LogP contribution in [0.15, 0.2) is 24.3 Å². The molecule has 2 rings (SSSR count). The Morgan fingerprint density at radius 2 is 2.00 bits per heavy atom. The third-order valence-corrected chi connectivity index (χ3v) is 3.82. The van der Waals surface area contributed by atoms with Gasteiger partial charge in [0.1, 0.15) is 0 Å². The fraction of sp³-hybridized carbons (Fsp3) is 0.625. The van der Waals surface area contributed by atoms with Crippen molar-refractivity contribution in [3.05, 3.63) is 35.4 Å². The Labute approximate surface area is 110 Å². The summed E-state index contributed by atoms with van der Waals surface area (Å²) < 4.78 is 5.50. The quantitative estimate of drug-likeness (QED) is 0.889. The average molecular weight is 248 g/mol. The molecule has 100 valence electrons. The summed E-state index contributed by atoms with van der Waals surface area (Å²) in [5.41, 5.74) is 1.99. The van der Waals surface area contributed by atoms with Crippen LogP contribution in [-0.4, -0.2) is 23.4 Å². The van der Waals surface area contributed by atoms with Gasteiger partial charge in [0.05, 0.1) is 11.7 Å². The van der Waals surface area contributed by atoms with Crippen LogP contribution >= 0.6 is 0 Å². The topological polar surface area (TPSA) is 29.5 Å². The van der Waals surface area contributed by atoms with E-state index in [1.54, 1.807) is 0 Å². The molecule has 2 unspecified atom stereocenters. The van der Waals surface area contributed by atoms with Gasteiger partial charge in [0.2, 0.25) is 0 Å². The Balaban J connectivity index is 2.04. The molecule has 18 heavy (non-hydrogen) atoms. The minimum absolute atomic E-state index is 0.165. The van der Waals surface area contributed by atoms with Crippen molar-refractivity contribution in [3.8, 4) is 0 Å². The largest absolute Gasteiger partial charge is 0.389 e. The normalized spacial score (nSPS) is 28.6. The molecule has 1 saturated heterocycles. The predicted octanol–water partition coefficient (Wildman–Crippen LogP) is 3.28. The lowest BCUT2D eigenvalue weighted by atomic mass is 9.84. The van der Waals surface area contributed by atoms with E-state index in [2.05, 4.69) is 38.1 Å². The zero-order valence-corrected chi connectivity index (χ0v) is 11.6. The summed E-state index contributed by atoms with van der Waals surface area (Å²) >= 11 is 0. The fourth-order valence-electron chi connectivity index (χ4n) is 2.71. The van der Waals surface area contributed by atoms with E-state index in [0.717, 1.165) is 19.3 Å². The fourth-order valence-corrected chi connectivity index (χ4v) is 2.71. The molecule has 1 aliphatic rings. The molecule has 0 aliphatic carbocycles. The maximum Gasteiger partial charge on any atom is 0.0734 e. The lowest BCUT2D eigenvalue weighted by molar-refractivity contribution is -0.0961. The number of hydrogen-bond donors (Lipinski definition) is 1. The number of ether oxygens (including phenoxy) is 1. The average Bonchev–Trinajstić information content (AvgIpc) is 2.28. The van der Waals surface area contributed by atoms with Crippen LogP contribution in [0, 0.1) is 0 Å². The van der Waals surface area contributed by atoms with E-state index < -0.39 is 5.60 Å². The van der Waals surface area contributed by atoms with Gasteiger partial charge < -0.3 is 9.84 Å². The van der Waals surface area contributed by atoms with Gasteiger partial charge in [0.15, 0.2) is 0 Å². The first-order valence-electron chi connectivity index (χ1n) is 6.91. The second kappa shape index (κ2) is 5.41. The third kappa shape index (κ3) is 3.33. The summed E-state index contributed by atoms with van der Waals surface area (Å²) in [7, 11) is 0. The van der Waals surface area contributed by atoms with Crippen molar-refractivity contribution >= 4 is 0 Å². The summed E-state index contributed by atoms with van der Waals surface area (Å²) in [6.07, 6.45) is 2.38. The van der Waals surface area contributed by atoms with Crippen LogP contribution in [0.3, 0.4) is 0 Å². The molecule has 0 spiro atoms. The van der Waals surface area contributed by atoms with Gasteiger partial charge in [0.25, 0.3) is 0 Å². The minimum atomic E-state index is -0.586. The summed E-state index contributed by atoms with van der Waals surface area (Å²) in [6.45, 7) is 7.10. The van der Waals surface area contributed by atoms with Crippen LogP contribution < -0.4 is 0 Å². The molecule has 1 aliphatic heterocycles. The van der Waals surface area contributed by atoms with Gasteiger partial charge in [0, 0.05) is 19.4 Å². The smallest absolute Gasteiger partial charge is 0.0734 e. The van der Waals surface area contributed by atoms with Crippen molar-refractivity contribution in [3.63, 3.8) is 0 Å². The van der Waals surface area contributed by atoms with Crippen molar-refractivity contribution in [1.29, 1.82) is 0 Å². The highest BCUT2D eigenvalue weighted by atomic mass is 16.5. The summed E-state index contributed by atoms with van der Waals surface area (Å²) in [5, 5.41) is 10.6. The standard InChI is InChI=1S/C16H24O2/c1-12(2)15-6-4-14(5-7-15)11-16(17)8-9-18-13(3)10-16/h4-7,12-13,17H,8-11H2,1-3H3. The van der Waals surface area contributed by atoms with Gasteiger partial charge in [-0.2, -0.15) is 0 Å². The predicted molar refractivity (Wildman–Crippen MR) is 73.8 cm³/mol. The molecule has 2 atom stereocenters. The number of aliphatic hydroxyl groups is 1. The zero-order chi connectivity index (χ0) is 13.2. The van der Waals surface area contributed by atoms with Crippen molar-refractivity contribution in [1.82, 2.24) is 0 Å². The van der Waals surface area contributed by atoms with Crippen LogP contribution in [0.5, 0.6) is 0 Å². The van der Waals surface area contributed by atoms with Gasteiger partial charge >= 0.3 is 0 Å². The monoisotopic (exact) mass is 248 g/mol. The van der Waals surface area contributed by atoms with Crippen LogP contribution in [0.4, 0.5) is 0 Å². The molecule has 2 nitrogen and oxygen atoms in total. The molecule has 2 heteroatoms. The van der Waals surface area contributed by atoms with E-state index in [1.165, 1.54) is 11.1 Å². The summed E-state index contributed by atoms with van der Waals surface area (Å²) in [4.78, 5) is 0. The molecule has 1 N–H and O–H groups in total. The first-order valence-corrected chi connectivity index (χ1v) is 6.91. The highest BCUT2D eigenvalue weighted by Crippen LogP contribution is 2.28. The van der Waals surface area contributed by atoms with E-state index in [4.69, 9.17) is 4.74 Å². The number of rotatable bonds is 3. The molecule has 0 aromatic heterocycles. The van der Waals surface area contributed by atoms with Crippen molar-refractivity contribution in [2.24, 2.45) is 0 Å². The molecule has 0 bridgehead atoms. The Morgan fingerprint density at radius 3 is 2.56 bits per heavy atom. The Kier molecular flexibility index (Phi) is 4.08. The molecule has 1 aromatic carbocycles. The van der Waals surface area contributed by atoms with Crippen molar-refractivity contribution in [2.45, 2.75) is 57.7 Å². The highest BCUT2D eigenvalue weighted by molar-refractivity contribution is 5.25. The molecule has 1 aromatic rings. The molecule has 0 saturated carbocycles. The molecule has 1 fully saturated rings. The summed E-state index contributed by atoms with van der Waals surface area (Å²) in [5.74, 6) is 0.560. The lowest BCUT2D eigenvalue weighted by Crippen LogP contribution is -2.41. The van der Waals surface area contributed by atoms with Crippen molar-refractivity contribution < 1.29 is 9.84 Å². The third-order valence-electron chi connectivity index (χ3n) is 3.82. The van der Waals surface area contributed by atoms with E-state index in [0.29, 0.717) is 12.5 Å².